The zero-order valence-electron chi connectivity index (χ0n) is 22.9. The van der Waals surface area contributed by atoms with Gasteiger partial charge >= 0.3 is 0 Å². The molecule has 4 rings (SSSR count). The second kappa shape index (κ2) is 12.7. The maximum atomic E-state index is 2.43. The summed E-state index contributed by atoms with van der Waals surface area (Å²) in [7, 11) is 8.52. The zero-order valence-corrected chi connectivity index (χ0v) is 24.6. The van der Waals surface area contributed by atoms with Gasteiger partial charge in [0.15, 0.2) is 6.54 Å². The number of likely N-dealkylation sites (N-methyl/N-ethyl adjacent to an activating group) is 2. The van der Waals surface area contributed by atoms with Crippen LogP contribution in [0.5, 0.6) is 0 Å². The Bertz CT molecular complexity index is 1340. The molecule has 194 valence electrons. The third-order valence-corrected chi connectivity index (χ3v) is 8.46. The number of rotatable bonds is 10. The van der Waals surface area contributed by atoms with Gasteiger partial charge in [0.2, 0.25) is 5.52 Å². The van der Waals surface area contributed by atoms with Crippen molar-refractivity contribution in [1.29, 1.82) is 0 Å². The molecule has 1 aliphatic heterocycles. The molecule has 1 aromatic heterocycles. The lowest BCUT2D eigenvalue weighted by Crippen LogP contribution is -2.39. The van der Waals surface area contributed by atoms with Crippen LogP contribution in [0.3, 0.4) is 0 Å². The highest BCUT2D eigenvalue weighted by Crippen LogP contribution is 2.46. The highest BCUT2D eigenvalue weighted by molar-refractivity contribution is 8.03. The van der Waals surface area contributed by atoms with Crippen molar-refractivity contribution < 1.29 is 4.57 Å². The van der Waals surface area contributed by atoms with Crippen LogP contribution in [0.1, 0.15) is 16.1 Å². The number of hydrogen-bond donors (Lipinski definition) is 0. The molecule has 4 nitrogen and oxygen atoms in total. The van der Waals surface area contributed by atoms with Crippen LogP contribution in [-0.2, 0) is 6.54 Å². The first-order valence-corrected chi connectivity index (χ1v) is 14.5. The van der Waals surface area contributed by atoms with Crippen molar-refractivity contribution in [3.63, 3.8) is 0 Å². The first-order chi connectivity index (χ1) is 17.8. The molecule has 2 heterocycles. The molecular formula is C31H39N4S2+. The normalized spacial score (nSPS) is 15.2. The van der Waals surface area contributed by atoms with Crippen molar-refractivity contribution in [3.8, 4) is 0 Å². The van der Waals surface area contributed by atoms with Gasteiger partial charge in [0, 0.05) is 30.1 Å². The van der Waals surface area contributed by atoms with Gasteiger partial charge < -0.3 is 14.7 Å². The van der Waals surface area contributed by atoms with Gasteiger partial charge in [-0.05, 0) is 77.4 Å². The number of aryl methyl sites for hydroxylation is 2. The SMILES string of the molecule is Cc1ccc2c(c1)S\C(=C/C=C/C=C/C=C/c1sc3cc(C)ccc3[n+]1CCN(C)C)N2CCN(C)C. The van der Waals surface area contributed by atoms with Crippen LogP contribution < -0.4 is 9.47 Å². The fraction of sp³-hybridized carbons (Fsp3) is 0.323. The summed E-state index contributed by atoms with van der Waals surface area (Å²) in [4.78, 5) is 8.25. The van der Waals surface area contributed by atoms with Crippen molar-refractivity contribution in [1.82, 2.24) is 9.80 Å². The van der Waals surface area contributed by atoms with Crippen molar-refractivity contribution in [2.24, 2.45) is 0 Å². The van der Waals surface area contributed by atoms with Crippen LogP contribution in [0, 0.1) is 13.8 Å². The molecular weight excluding hydrogens is 493 g/mol. The lowest BCUT2D eigenvalue weighted by atomic mass is 10.2. The molecule has 37 heavy (non-hydrogen) atoms. The Morgan fingerprint density at radius 1 is 0.838 bits per heavy atom. The largest absolute Gasteiger partial charge is 0.334 e. The maximum Gasteiger partial charge on any atom is 0.262 e. The van der Waals surface area contributed by atoms with Gasteiger partial charge in [-0.3, -0.25) is 0 Å². The summed E-state index contributed by atoms with van der Waals surface area (Å²) < 4.78 is 3.78. The van der Waals surface area contributed by atoms with Crippen LogP contribution in [0.2, 0.25) is 0 Å². The topological polar surface area (TPSA) is 13.6 Å². The van der Waals surface area contributed by atoms with Gasteiger partial charge in [0.25, 0.3) is 5.01 Å². The molecule has 0 amide bonds. The maximum absolute atomic E-state index is 2.43. The lowest BCUT2D eigenvalue weighted by Gasteiger charge is -2.22. The van der Waals surface area contributed by atoms with Crippen molar-refractivity contribution in [2.75, 3.05) is 52.7 Å². The summed E-state index contributed by atoms with van der Waals surface area (Å²) in [6, 6.07) is 13.5. The number of aromatic nitrogens is 1. The Labute approximate surface area is 230 Å². The summed E-state index contributed by atoms with van der Waals surface area (Å²) in [5.41, 5.74) is 5.25. The molecule has 0 fully saturated rings. The minimum absolute atomic E-state index is 0.983. The van der Waals surface area contributed by atoms with Gasteiger partial charge in [-0.2, -0.15) is 4.57 Å². The van der Waals surface area contributed by atoms with Gasteiger partial charge in [-0.25, -0.2) is 0 Å². The summed E-state index contributed by atoms with van der Waals surface area (Å²) >= 11 is 3.72. The van der Waals surface area contributed by atoms with E-state index in [1.54, 1.807) is 0 Å². The van der Waals surface area contributed by atoms with E-state index in [1.165, 1.54) is 42.0 Å². The molecule has 0 atom stereocenters. The van der Waals surface area contributed by atoms with E-state index in [4.69, 9.17) is 0 Å². The predicted molar refractivity (Wildman–Crippen MR) is 164 cm³/mol. The number of hydrogen-bond acceptors (Lipinski definition) is 5. The highest BCUT2D eigenvalue weighted by Gasteiger charge is 2.24. The summed E-state index contributed by atoms with van der Waals surface area (Å²) in [6.07, 6.45) is 15.1. The molecule has 3 aromatic rings. The fourth-order valence-corrected chi connectivity index (χ4v) is 6.60. The molecule has 2 aromatic carbocycles. The van der Waals surface area contributed by atoms with Gasteiger partial charge in [-0.1, -0.05) is 65.6 Å². The second-order valence-electron chi connectivity index (χ2n) is 10.0. The Morgan fingerprint density at radius 3 is 2.32 bits per heavy atom. The number of nitrogens with zero attached hydrogens (tertiary/aromatic N) is 4. The molecule has 6 heteroatoms. The predicted octanol–water partition coefficient (Wildman–Crippen LogP) is 6.51. The average Bonchev–Trinajstić information content (AvgIpc) is 3.36. The molecule has 0 saturated heterocycles. The quantitative estimate of drug-likeness (QED) is 0.219. The fourth-order valence-electron chi connectivity index (χ4n) is 4.20. The van der Waals surface area contributed by atoms with E-state index in [1.807, 2.05) is 23.1 Å². The summed E-state index contributed by atoms with van der Waals surface area (Å²) in [5.74, 6) is 0. The van der Waals surface area contributed by atoms with E-state index in [2.05, 4.69) is 140 Å². The zero-order chi connectivity index (χ0) is 26.4. The molecule has 0 bridgehead atoms. The monoisotopic (exact) mass is 531 g/mol. The van der Waals surface area contributed by atoms with Crippen molar-refractivity contribution >= 4 is 45.1 Å². The molecule has 0 unspecified atom stereocenters. The number of thioether (sulfide) groups is 1. The van der Waals surface area contributed by atoms with Crippen LogP contribution in [0.15, 0.2) is 82.8 Å². The van der Waals surface area contributed by atoms with Gasteiger partial charge in [0.05, 0.1) is 17.3 Å². The minimum atomic E-state index is 0.983. The number of fused-ring (bicyclic) bond motifs is 2. The number of anilines is 1. The first kappa shape index (κ1) is 27.4. The molecule has 0 saturated carbocycles. The smallest absolute Gasteiger partial charge is 0.262 e. The Hall–Kier alpha value is -2.64. The molecule has 0 N–H and O–H groups in total. The third kappa shape index (κ3) is 7.23. The van der Waals surface area contributed by atoms with Crippen molar-refractivity contribution in [2.45, 2.75) is 25.3 Å². The van der Waals surface area contributed by atoms with Crippen LogP contribution in [0.4, 0.5) is 5.69 Å². The van der Waals surface area contributed by atoms with Gasteiger partial charge in [0.1, 0.15) is 4.70 Å². The molecule has 0 radical (unpaired) electrons. The molecule has 1 aliphatic rings. The van der Waals surface area contributed by atoms with E-state index in [9.17, 15) is 0 Å². The Balaban J connectivity index is 1.45. The lowest BCUT2D eigenvalue weighted by molar-refractivity contribution is -0.668. The van der Waals surface area contributed by atoms with E-state index >= 15 is 0 Å². The molecule has 0 spiro atoms. The van der Waals surface area contributed by atoms with E-state index in [-0.39, 0.29) is 0 Å². The van der Waals surface area contributed by atoms with Crippen LogP contribution >= 0.6 is 23.1 Å². The minimum Gasteiger partial charge on any atom is -0.334 e. The first-order valence-electron chi connectivity index (χ1n) is 12.8. The van der Waals surface area contributed by atoms with E-state index in [0.717, 1.165) is 26.2 Å². The Kier molecular flexibility index (Phi) is 9.43. The number of thiazole rings is 1. The van der Waals surface area contributed by atoms with Crippen molar-refractivity contribution in [3.05, 3.63) is 94.0 Å². The number of allylic oxidation sites excluding steroid dienone is 6. The van der Waals surface area contributed by atoms with E-state index in [0.29, 0.717) is 0 Å². The van der Waals surface area contributed by atoms with Crippen LogP contribution in [0.25, 0.3) is 16.3 Å². The standard InChI is InChI=1S/C31H39N4S2/c1-24-14-16-26-28(22-24)36-30(34(26)20-18-32(3)4)12-10-8-7-9-11-13-31-35(21-19-33(5)6)27-17-15-25(2)23-29(27)37-31/h7-17,22-23H,18-21H2,1-6H3/q+1. The summed E-state index contributed by atoms with van der Waals surface area (Å²) in [6.45, 7) is 8.33. The highest BCUT2D eigenvalue weighted by atomic mass is 32.2. The Morgan fingerprint density at radius 2 is 1.54 bits per heavy atom. The second-order valence-corrected chi connectivity index (χ2v) is 12.2. The third-order valence-electron chi connectivity index (χ3n) is 6.24. The van der Waals surface area contributed by atoms with Gasteiger partial charge in [-0.15, -0.1) is 0 Å². The average molecular weight is 532 g/mol. The van der Waals surface area contributed by atoms with Crippen LogP contribution in [-0.4, -0.2) is 57.6 Å². The van der Waals surface area contributed by atoms with E-state index < -0.39 is 0 Å². The number of benzene rings is 2. The molecule has 0 aliphatic carbocycles. The summed E-state index contributed by atoms with van der Waals surface area (Å²) in [5, 5.41) is 2.57.